The first-order valence-corrected chi connectivity index (χ1v) is 5.83. The van der Waals surface area contributed by atoms with E-state index in [0.717, 1.165) is 0 Å². The molecule has 0 aromatic carbocycles. The van der Waals surface area contributed by atoms with E-state index in [0.29, 0.717) is 20.4 Å². The first-order valence-electron chi connectivity index (χ1n) is 3.41. The van der Waals surface area contributed by atoms with Gasteiger partial charge in [0.05, 0.1) is 0 Å². The zero-order chi connectivity index (χ0) is 5.54. The van der Waals surface area contributed by atoms with Gasteiger partial charge >= 0.3 is 20.4 Å². The van der Waals surface area contributed by atoms with Crippen molar-refractivity contribution in [3.8, 4) is 0 Å². The number of hydrogen-bond acceptors (Lipinski definition) is 0. The van der Waals surface area contributed by atoms with Gasteiger partial charge in [-0.3, -0.25) is 0 Å². The first-order chi connectivity index (χ1) is 3.41. The molecule has 0 N–H and O–H groups in total. The molecule has 0 radical (unpaired) electrons. The summed E-state index contributed by atoms with van der Waals surface area (Å²) in [6.45, 7) is 2.26. The highest BCUT2D eigenvalue weighted by molar-refractivity contribution is 6.33. The first kappa shape index (κ1) is 7.77. The van der Waals surface area contributed by atoms with Gasteiger partial charge in [0, 0.05) is 0 Å². The Bertz CT molecular complexity index is 23.4. The predicted molar refractivity (Wildman–Crippen MR) is 35.9 cm³/mol. The summed E-state index contributed by atoms with van der Waals surface area (Å²) in [5.41, 5.74) is 0. The minimum absolute atomic E-state index is 0.394. The molecule has 0 nitrogen and oxygen atoms in total. The Morgan fingerprint density at radius 3 is 2.43 bits per heavy atom. The molecule has 0 spiro atoms. The standard InChI is InChI=1S/C5H11.CH3.Mg/c1-3-5-4-2;;/h1,3-5H2,2H3;1H3;. The quantitative estimate of drug-likeness (QED) is 0.385. The third-order valence-electron chi connectivity index (χ3n) is 1.21. The zero-order valence-corrected chi connectivity index (χ0v) is 6.95. The lowest BCUT2D eigenvalue weighted by Gasteiger charge is -1.89. The summed E-state index contributed by atoms with van der Waals surface area (Å²) in [5, 5.41) is 2.38. The molecule has 7 heavy (non-hydrogen) atoms. The van der Waals surface area contributed by atoms with E-state index in [1.807, 2.05) is 0 Å². The van der Waals surface area contributed by atoms with E-state index >= 15 is 0 Å². The van der Waals surface area contributed by atoms with Crippen molar-refractivity contribution in [2.75, 3.05) is 0 Å². The third kappa shape index (κ3) is 6.77. The van der Waals surface area contributed by atoms with Gasteiger partial charge in [-0.15, -0.1) is 4.55 Å². The van der Waals surface area contributed by atoms with Crippen LogP contribution in [0.2, 0.25) is 9.60 Å². The van der Waals surface area contributed by atoms with Crippen molar-refractivity contribution in [2.45, 2.75) is 35.8 Å². The molecular formula is C6H14Mg. The van der Waals surface area contributed by atoms with Crippen LogP contribution in [0.3, 0.4) is 0 Å². The molecule has 0 amide bonds. The largest absolute Gasteiger partial charge is 0.360 e. The van der Waals surface area contributed by atoms with Gasteiger partial charge in [0.1, 0.15) is 0 Å². The van der Waals surface area contributed by atoms with Gasteiger partial charge in [-0.2, -0.15) is 5.05 Å². The van der Waals surface area contributed by atoms with E-state index in [9.17, 15) is 0 Å². The number of rotatable bonds is 4. The molecule has 0 atom stereocenters. The molecule has 0 saturated heterocycles. The molecule has 0 heterocycles. The highest BCUT2D eigenvalue weighted by Gasteiger charge is 1.84. The molecule has 0 aromatic heterocycles. The fraction of sp³-hybridized carbons (Fsp3) is 1.00. The summed E-state index contributed by atoms with van der Waals surface area (Å²) in [5.74, 6) is 0. The van der Waals surface area contributed by atoms with Crippen molar-refractivity contribution < 1.29 is 0 Å². The van der Waals surface area contributed by atoms with Crippen molar-refractivity contribution in [1.82, 2.24) is 0 Å². The molecule has 0 fully saturated rings. The minimum Gasteiger partial charge on any atom is -0.157 e. The van der Waals surface area contributed by atoms with E-state index in [1.54, 1.807) is 4.55 Å². The molecule has 0 aromatic rings. The molecule has 0 bridgehead atoms. The van der Waals surface area contributed by atoms with Gasteiger partial charge in [0.25, 0.3) is 0 Å². The second-order valence-electron chi connectivity index (χ2n) is 2.06. The van der Waals surface area contributed by atoms with Crippen molar-refractivity contribution in [2.24, 2.45) is 0 Å². The van der Waals surface area contributed by atoms with Crippen LogP contribution in [0.15, 0.2) is 0 Å². The number of hydrogen-bond donors (Lipinski definition) is 0. The highest BCUT2D eigenvalue weighted by Crippen LogP contribution is 1.97. The average molecular weight is 110 g/mol. The third-order valence-corrected chi connectivity index (χ3v) is 2.41. The maximum Gasteiger partial charge on any atom is 0.360 e. The molecule has 0 aliphatic carbocycles. The van der Waals surface area contributed by atoms with Crippen molar-refractivity contribution in [1.29, 1.82) is 0 Å². The fourth-order valence-electron chi connectivity index (χ4n) is 0.677. The van der Waals surface area contributed by atoms with Crippen LogP contribution in [0.5, 0.6) is 0 Å². The van der Waals surface area contributed by atoms with Crippen LogP contribution in [-0.4, -0.2) is 20.4 Å². The van der Waals surface area contributed by atoms with Crippen LogP contribution >= 0.6 is 0 Å². The number of unbranched alkanes of at least 4 members (excludes halogenated alkanes) is 2. The summed E-state index contributed by atoms with van der Waals surface area (Å²) in [6, 6.07) is 0. The molecule has 40 valence electrons. The van der Waals surface area contributed by atoms with Crippen molar-refractivity contribution >= 4 is 20.4 Å². The van der Waals surface area contributed by atoms with E-state index < -0.39 is 0 Å². The van der Waals surface area contributed by atoms with Crippen molar-refractivity contribution in [3.63, 3.8) is 0 Å². The molecule has 0 saturated carbocycles. The van der Waals surface area contributed by atoms with E-state index in [-0.39, 0.29) is 0 Å². The Morgan fingerprint density at radius 2 is 2.00 bits per heavy atom. The minimum atomic E-state index is 0.394. The van der Waals surface area contributed by atoms with Crippen LogP contribution in [0.1, 0.15) is 26.2 Å². The Kier molecular flexibility index (Phi) is 7.51. The van der Waals surface area contributed by atoms with Gasteiger partial charge in [0.2, 0.25) is 0 Å². The normalized spacial score (nSPS) is 8.29. The monoisotopic (exact) mass is 110 g/mol. The fourth-order valence-corrected chi connectivity index (χ4v) is 1.53. The lowest BCUT2D eigenvalue weighted by molar-refractivity contribution is 0.769. The average Bonchev–Trinajstić information content (AvgIpc) is 1.69. The summed E-state index contributed by atoms with van der Waals surface area (Å²) < 4.78 is 1.56. The van der Waals surface area contributed by atoms with Crippen LogP contribution in [-0.2, 0) is 0 Å². The second-order valence-corrected chi connectivity index (χ2v) is 3.77. The Labute approximate surface area is 56.4 Å². The molecule has 1 heteroatoms. The lowest BCUT2D eigenvalue weighted by atomic mass is 10.3. The Hall–Kier alpha value is 0.766. The van der Waals surface area contributed by atoms with E-state index in [4.69, 9.17) is 0 Å². The Morgan fingerprint density at radius 1 is 1.29 bits per heavy atom. The van der Waals surface area contributed by atoms with Gasteiger partial charge < -0.3 is 0 Å². The summed E-state index contributed by atoms with van der Waals surface area (Å²) in [4.78, 5) is 0. The van der Waals surface area contributed by atoms with Crippen molar-refractivity contribution in [3.05, 3.63) is 0 Å². The lowest BCUT2D eigenvalue weighted by Crippen LogP contribution is -1.79. The molecule has 0 aliphatic heterocycles. The van der Waals surface area contributed by atoms with Crippen LogP contribution in [0.4, 0.5) is 0 Å². The second kappa shape index (κ2) is 6.77. The summed E-state index contributed by atoms with van der Waals surface area (Å²) in [7, 11) is 0. The predicted octanol–water partition coefficient (Wildman–Crippen LogP) is 2.35. The van der Waals surface area contributed by atoms with E-state index in [2.05, 4.69) is 12.0 Å². The van der Waals surface area contributed by atoms with Crippen LogP contribution < -0.4 is 0 Å². The molecule has 0 unspecified atom stereocenters. The molecule has 0 rings (SSSR count). The van der Waals surface area contributed by atoms with Gasteiger partial charge in [0.15, 0.2) is 0 Å². The van der Waals surface area contributed by atoms with Gasteiger partial charge in [-0.25, -0.2) is 0 Å². The van der Waals surface area contributed by atoms with Gasteiger partial charge in [-0.05, 0) is 0 Å². The van der Waals surface area contributed by atoms with Crippen LogP contribution in [0, 0.1) is 0 Å². The Balaban J connectivity index is 2.45. The topological polar surface area (TPSA) is 0 Å². The smallest absolute Gasteiger partial charge is 0.157 e. The van der Waals surface area contributed by atoms with Crippen LogP contribution in [0.25, 0.3) is 0 Å². The van der Waals surface area contributed by atoms with E-state index in [1.165, 1.54) is 19.3 Å². The summed E-state index contributed by atoms with van der Waals surface area (Å²) >= 11 is 0.394. The maximum atomic E-state index is 2.38. The zero-order valence-electron chi connectivity index (χ0n) is 5.54. The molecular weight excluding hydrogens is 96.4 g/mol. The SMILES string of the molecule is CCCC[CH2][Mg][CH3]. The highest BCUT2D eigenvalue weighted by atomic mass is 24.5. The molecule has 0 aliphatic rings. The summed E-state index contributed by atoms with van der Waals surface area (Å²) in [6.07, 6.45) is 4.34. The maximum absolute atomic E-state index is 2.38. The van der Waals surface area contributed by atoms with Gasteiger partial charge in [-0.1, -0.05) is 26.2 Å².